The smallest absolute Gasteiger partial charge is 0.251 e. The summed E-state index contributed by atoms with van der Waals surface area (Å²) >= 11 is 5.26. The van der Waals surface area contributed by atoms with Crippen LogP contribution >= 0.6 is 12.2 Å². The van der Waals surface area contributed by atoms with Gasteiger partial charge in [-0.25, -0.2) is 0 Å². The topological polar surface area (TPSA) is 71.9 Å². The van der Waals surface area contributed by atoms with Gasteiger partial charge in [-0.1, -0.05) is 6.42 Å². The molecule has 0 radical (unpaired) electrons. The molecule has 7 heteroatoms. The summed E-state index contributed by atoms with van der Waals surface area (Å²) in [7, 11) is 0. The molecule has 1 amide bonds. The van der Waals surface area contributed by atoms with E-state index in [4.69, 9.17) is 17.0 Å². The van der Waals surface area contributed by atoms with Crippen LogP contribution in [0.2, 0.25) is 0 Å². The second kappa shape index (κ2) is 7.61. The van der Waals surface area contributed by atoms with Gasteiger partial charge in [-0.15, -0.1) is 0 Å². The molecule has 1 heterocycles. The third-order valence-electron chi connectivity index (χ3n) is 5.07. The molecule has 1 aromatic carbocycles. The molecule has 0 aliphatic heterocycles. The van der Waals surface area contributed by atoms with Crippen LogP contribution in [-0.4, -0.2) is 26.8 Å². The molecule has 2 N–H and O–H groups in total. The quantitative estimate of drug-likeness (QED) is 0.754. The highest BCUT2D eigenvalue weighted by Crippen LogP contribution is 2.35. The first-order valence-electron chi connectivity index (χ1n) is 9.41. The number of ether oxygens (including phenoxy) is 1. The Bertz CT molecular complexity index is 817. The van der Waals surface area contributed by atoms with Crippen molar-refractivity contribution < 1.29 is 9.53 Å². The number of aromatic nitrogens is 3. The molecule has 2 saturated carbocycles. The van der Waals surface area contributed by atoms with Crippen LogP contribution in [0.25, 0.3) is 0 Å². The zero-order valence-corrected chi connectivity index (χ0v) is 15.6. The summed E-state index contributed by atoms with van der Waals surface area (Å²) in [4.78, 5) is 12.4. The standard InChI is InChI=1S/C19H24N4O2S/c24-18(20-12-17-21-22-19(26)23(17)14-8-9-14)13-6-10-16(11-7-13)25-15-4-2-1-3-5-15/h6-7,10-11,14-15H,1-5,8-9,12H2,(H,20,24)(H,22,26). The van der Waals surface area contributed by atoms with Crippen LogP contribution in [0.3, 0.4) is 0 Å². The lowest BCUT2D eigenvalue weighted by molar-refractivity contribution is 0.0949. The molecule has 0 bridgehead atoms. The summed E-state index contributed by atoms with van der Waals surface area (Å²) in [5.74, 6) is 1.50. The molecule has 26 heavy (non-hydrogen) atoms. The molecular weight excluding hydrogens is 348 g/mol. The van der Waals surface area contributed by atoms with Crippen LogP contribution in [0.1, 0.15) is 67.2 Å². The number of amides is 1. The number of nitrogens with one attached hydrogen (secondary N) is 2. The Hall–Kier alpha value is -2.15. The zero-order valence-electron chi connectivity index (χ0n) is 14.7. The Labute approximate surface area is 158 Å². The number of H-pyrrole nitrogens is 1. The Kier molecular flexibility index (Phi) is 5.06. The molecule has 0 spiro atoms. The van der Waals surface area contributed by atoms with Crippen molar-refractivity contribution in [2.45, 2.75) is 63.6 Å². The molecule has 2 aromatic rings. The van der Waals surface area contributed by atoms with Gasteiger partial charge in [0.05, 0.1) is 12.6 Å². The summed E-state index contributed by atoms with van der Waals surface area (Å²) in [6.45, 7) is 0.364. The predicted molar refractivity (Wildman–Crippen MR) is 101 cm³/mol. The molecular formula is C19H24N4O2S. The third kappa shape index (κ3) is 3.98. The van der Waals surface area contributed by atoms with Crippen molar-refractivity contribution in [1.82, 2.24) is 20.1 Å². The van der Waals surface area contributed by atoms with Crippen molar-refractivity contribution in [1.29, 1.82) is 0 Å². The van der Waals surface area contributed by atoms with Gasteiger partial charge in [-0.05, 0) is 75.0 Å². The monoisotopic (exact) mass is 372 g/mol. The minimum absolute atomic E-state index is 0.120. The van der Waals surface area contributed by atoms with E-state index in [2.05, 4.69) is 15.5 Å². The van der Waals surface area contributed by atoms with E-state index in [-0.39, 0.29) is 5.91 Å². The maximum absolute atomic E-state index is 12.4. The number of carbonyl (C=O) groups is 1. The molecule has 0 saturated heterocycles. The lowest BCUT2D eigenvalue weighted by atomic mass is 9.98. The van der Waals surface area contributed by atoms with Crippen molar-refractivity contribution in [3.05, 3.63) is 40.4 Å². The fraction of sp³-hybridized carbons (Fsp3) is 0.526. The van der Waals surface area contributed by atoms with Gasteiger partial charge in [0.15, 0.2) is 10.6 Å². The number of hydrogen-bond donors (Lipinski definition) is 2. The second-order valence-corrected chi connectivity index (χ2v) is 7.52. The van der Waals surface area contributed by atoms with E-state index in [0.717, 1.165) is 37.3 Å². The van der Waals surface area contributed by atoms with Crippen molar-refractivity contribution in [2.24, 2.45) is 0 Å². The minimum atomic E-state index is -0.120. The first-order valence-corrected chi connectivity index (χ1v) is 9.82. The van der Waals surface area contributed by atoms with E-state index in [1.165, 1.54) is 19.3 Å². The van der Waals surface area contributed by atoms with Crippen molar-refractivity contribution in [3.8, 4) is 5.75 Å². The average molecular weight is 372 g/mol. The predicted octanol–water partition coefficient (Wildman–Crippen LogP) is 3.92. The van der Waals surface area contributed by atoms with Gasteiger partial charge in [0.2, 0.25) is 0 Å². The van der Waals surface area contributed by atoms with E-state index < -0.39 is 0 Å². The van der Waals surface area contributed by atoms with Crippen molar-refractivity contribution >= 4 is 18.1 Å². The molecule has 4 rings (SSSR count). The van der Waals surface area contributed by atoms with Crippen LogP contribution in [0, 0.1) is 4.77 Å². The molecule has 1 aromatic heterocycles. The molecule has 2 fully saturated rings. The molecule has 2 aliphatic carbocycles. The van der Waals surface area contributed by atoms with Gasteiger partial charge >= 0.3 is 0 Å². The fourth-order valence-corrected chi connectivity index (χ4v) is 3.79. The normalized spacial score (nSPS) is 17.8. The number of aromatic amines is 1. The molecule has 2 aliphatic rings. The van der Waals surface area contributed by atoms with Gasteiger partial charge in [0, 0.05) is 11.6 Å². The number of carbonyl (C=O) groups excluding carboxylic acids is 1. The summed E-state index contributed by atoms with van der Waals surface area (Å²) in [5, 5.41) is 9.97. The molecule has 138 valence electrons. The minimum Gasteiger partial charge on any atom is -0.490 e. The maximum atomic E-state index is 12.4. The van der Waals surface area contributed by atoms with E-state index in [1.54, 1.807) is 0 Å². The molecule has 0 unspecified atom stereocenters. The number of rotatable bonds is 6. The Morgan fingerprint density at radius 3 is 2.62 bits per heavy atom. The van der Waals surface area contributed by atoms with E-state index in [1.807, 2.05) is 28.8 Å². The number of benzene rings is 1. The Morgan fingerprint density at radius 2 is 1.92 bits per heavy atom. The average Bonchev–Trinajstić information content (AvgIpc) is 3.43. The largest absolute Gasteiger partial charge is 0.490 e. The summed E-state index contributed by atoms with van der Waals surface area (Å²) in [6, 6.07) is 7.81. The highest BCUT2D eigenvalue weighted by Gasteiger charge is 2.27. The van der Waals surface area contributed by atoms with Gasteiger partial charge in [0.1, 0.15) is 5.75 Å². The lowest BCUT2D eigenvalue weighted by Gasteiger charge is -2.23. The maximum Gasteiger partial charge on any atom is 0.251 e. The molecule has 0 atom stereocenters. The molecule has 6 nitrogen and oxygen atoms in total. The van der Waals surface area contributed by atoms with E-state index in [9.17, 15) is 4.79 Å². The lowest BCUT2D eigenvalue weighted by Crippen LogP contribution is -2.24. The first-order chi connectivity index (χ1) is 12.7. The van der Waals surface area contributed by atoms with Crippen LogP contribution < -0.4 is 10.1 Å². The first kappa shape index (κ1) is 17.3. The Morgan fingerprint density at radius 1 is 1.19 bits per heavy atom. The van der Waals surface area contributed by atoms with Gasteiger partial charge < -0.3 is 10.1 Å². The zero-order chi connectivity index (χ0) is 17.9. The van der Waals surface area contributed by atoms with Gasteiger partial charge in [-0.2, -0.15) is 5.10 Å². The van der Waals surface area contributed by atoms with Crippen LogP contribution in [0.15, 0.2) is 24.3 Å². The highest BCUT2D eigenvalue weighted by molar-refractivity contribution is 7.71. The van der Waals surface area contributed by atoms with Gasteiger partial charge in [0.25, 0.3) is 5.91 Å². The second-order valence-electron chi connectivity index (χ2n) is 7.13. The van der Waals surface area contributed by atoms with Crippen molar-refractivity contribution in [2.75, 3.05) is 0 Å². The third-order valence-corrected chi connectivity index (χ3v) is 5.36. The SMILES string of the molecule is O=C(NCc1n[nH]c(=S)n1C1CC1)c1ccc(OC2CCCCC2)cc1. The van der Waals surface area contributed by atoms with Gasteiger partial charge in [-0.3, -0.25) is 14.5 Å². The van der Waals surface area contributed by atoms with E-state index in [0.29, 0.717) is 29.0 Å². The summed E-state index contributed by atoms with van der Waals surface area (Å²) in [6.07, 6.45) is 8.59. The fourth-order valence-electron chi connectivity index (χ4n) is 3.49. The highest BCUT2D eigenvalue weighted by atomic mass is 32.1. The number of hydrogen-bond acceptors (Lipinski definition) is 4. The summed E-state index contributed by atoms with van der Waals surface area (Å²) in [5.41, 5.74) is 0.619. The van der Waals surface area contributed by atoms with Crippen LogP contribution in [0.4, 0.5) is 0 Å². The van der Waals surface area contributed by atoms with Crippen molar-refractivity contribution in [3.63, 3.8) is 0 Å². The Balaban J connectivity index is 1.34. The van der Waals surface area contributed by atoms with Crippen LogP contribution in [-0.2, 0) is 6.54 Å². The van der Waals surface area contributed by atoms with E-state index >= 15 is 0 Å². The summed E-state index contributed by atoms with van der Waals surface area (Å²) < 4.78 is 8.65. The number of nitrogens with zero attached hydrogens (tertiary/aromatic N) is 2. The van der Waals surface area contributed by atoms with Crippen LogP contribution in [0.5, 0.6) is 5.75 Å².